The minimum atomic E-state index is 0.546. The topological polar surface area (TPSA) is 56.7 Å². The minimum Gasteiger partial charge on any atom is -0.326 e. The van der Waals surface area contributed by atoms with E-state index in [4.69, 9.17) is 10.7 Å². The summed E-state index contributed by atoms with van der Waals surface area (Å²) in [6, 6.07) is 6.22. The molecule has 1 aromatic carbocycles. The van der Waals surface area contributed by atoms with Gasteiger partial charge < -0.3 is 10.3 Å². The molecule has 0 amide bonds. The van der Waals surface area contributed by atoms with Crippen molar-refractivity contribution in [2.45, 2.75) is 20.0 Å². The van der Waals surface area contributed by atoms with Crippen molar-refractivity contribution in [3.63, 3.8) is 0 Å². The van der Waals surface area contributed by atoms with E-state index < -0.39 is 0 Å². The summed E-state index contributed by atoms with van der Waals surface area (Å²) in [5.41, 5.74) is 10.8. The number of aromatic nitrogens is 3. The summed E-state index contributed by atoms with van der Waals surface area (Å²) in [6.07, 6.45) is 1.86. The van der Waals surface area contributed by atoms with E-state index in [1.54, 1.807) is 11.3 Å². The van der Waals surface area contributed by atoms with Crippen molar-refractivity contribution in [2.24, 2.45) is 5.73 Å². The average Bonchev–Trinajstić information content (AvgIpc) is 3.04. The maximum atomic E-state index is 5.67. The molecule has 0 aliphatic carbocycles. The summed E-state index contributed by atoms with van der Waals surface area (Å²) in [7, 11) is 0. The second-order valence-corrected chi connectivity index (χ2v) is 4.96. The molecule has 4 nitrogen and oxygen atoms in total. The normalized spacial score (nSPS) is 11.2. The summed E-state index contributed by atoms with van der Waals surface area (Å²) in [4.78, 5) is 9.93. The Kier molecular flexibility index (Phi) is 2.85. The molecule has 0 aliphatic heterocycles. The van der Waals surface area contributed by atoms with E-state index in [0.29, 0.717) is 6.54 Å². The van der Waals surface area contributed by atoms with Crippen molar-refractivity contribution in [1.29, 1.82) is 0 Å². The Labute approximate surface area is 109 Å². The maximum absolute atomic E-state index is 5.67. The summed E-state index contributed by atoms with van der Waals surface area (Å²) in [6.45, 7) is 3.57. The molecule has 0 aliphatic rings. The molecule has 3 rings (SSSR count). The van der Waals surface area contributed by atoms with E-state index in [0.717, 1.165) is 33.8 Å². The van der Waals surface area contributed by atoms with Crippen LogP contribution < -0.4 is 5.73 Å². The lowest BCUT2D eigenvalue weighted by molar-refractivity contribution is 0.797. The Balaban J connectivity index is 2.26. The predicted octanol–water partition coefficient (Wildman–Crippen LogP) is 2.64. The van der Waals surface area contributed by atoms with Gasteiger partial charge in [0.1, 0.15) is 0 Å². The molecule has 5 heteroatoms. The monoisotopic (exact) mass is 258 g/mol. The van der Waals surface area contributed by atoms with E-state index >= 15 is 0 Å². The molecular formula is C13H14N4S. The number of imidazole rings is 1. The largest absolute Gasteiger partial charge is 0.326 e. The van der Waals surface area contributed by atoms with Crippen molar-refractivity contribution in [3.05, 3.63) is 35.5 Å². The molecule has 0 saturated heterocycles. The molecule has 0 unspecified atom stereocenters. The zero-order valence-corrected chi connectivity index (χ0v) is 10.9. The Morgan fingerprint density at radius 1 is 1.39 bits per heavy atom. The van der Waals surface area contributed by atoms with Gasteiger partial charge in [-0.3, -0.25) is 4.98 Å². The lowest BCUT2D eigenvalue weighted by Crippen LogP contribution is -1.97. The molecule has 18 heavy (non-hydrogen) atoms. The van der Waals surface area contributed by atoms with Crippen LogP contribution in [0.15, 0.2) is 29.9 Å². The van der Waals surface area contributed by atoms with E-state index in [-0.39, 0.29) is 0 Å². The summed E-state index contributed by atoms with van der Waals surface area (Å²) in [5, 5.41) is 0. The molecule has 3 aromatic rings. The van der Waals surface area contributed by atoms with Crippen molar-refractivity contribution in [2.75, 3.05) is 0 Å². The highest BCUT2D eigenvalue weighted by Crippen LogP contribution is 2.27. The quantitative estimate of drug-likeness (QED) is 0.785. The van der Waals surface area contributed by atoms with Gasteiger partial charge >= 0.3 is 0 Å². The van der Waals surface area contributed by atoms with Gasteiger partial charge in [0.15, 0.2) is 5.82 Å². The van der Waals surface area contributed by atoms with E-state index in [2.05, 4.69) is 34.7 Å². The fraction of sp³-hybridized carbons (Fsp3) is 0.231. The molecule has 0 atom stereocenters. The second kappa shape index (κ2) is 4.51. The highest BCUT2D eigenvalue weighted by Gasteiger charge is 2.12. The molecule has 92 valence electrons. The molecule has 2 N–H and O–H groups in total. The molecule has 0 bridgehead atoms. The number of nitrogens with zero attached hydrogens (tertiary/aromatic N) is 3. The van der Waals surface area contributed by atoms with Gasteiger partial charge in [0.25, 0.3) is 0 Å². The Morgan fingerprint density at radius 3 is 2.94 bits per heavy atom. The maximum Gasteiger partial charge on any atom is 0.152 e. The Morgan fingerprint density at radius 2 is 2.28 bits per heavy atom. The van der Waals surface area contributed by atoms with Crippen LogP contribution in [-0.2, 0) is 13.1 Å². The molecular weight excluding hydrogens is 244 g/mol. The number of hydrogen-bond donors (Lipinski definition) is 1. The van der Waals surface area contributed by atoms with Crippen molar-refractivity contribution < 1.29 is 0 Å². The Hall–Kier alpha value is -1.72. The molecule has 0 fully saturated rings. The highest BCUT2D eigenvalue weighted by molar-refractivity contribution is 7.13. The SMILES string of the molecule is CCn1c(-c2cncs2)nc2cc(CN)ccc21. The first-order valence-electron chi connectivity index (χ1n) is 5.91. The van der Waals surface area contributed by atoms with Crippen molar-refractivity contribution in [1.82, 2.24) is 14.5 Å². The van der Waals surface area contributed by atoms with Gasteiger partial charge in [0, 0.05) is 19.3 Å². The van der Waals surface area contributed by atoms with Gasteiger partial charge in [-0.05, 0) is 24.6 Å². The van der Waals surface area contributed by atoms with Crippen molar-refractivity contribution in [3.8, 4) is 10.7 Å². The van der Waals surface area contributed by atoms with Crippen LogP contribution >= 0.6 is 11.3 Å². The summed E-state index contributed by atoms with van der Waals surface area (Å²) < 4.78 is 2.21. The molecule has 0 radical (unpaired) electrons. The first-order chi connectivity index (χ1) is 8.83. The third-order valence-electron chi connectivity index (χ3n) is 3.02. The predicted molar refractivity (Wildman–Crippen MR) is 74.4 cm³/mol. The lowest BCUT2D eigenvalue weighted by Gasteiger charge is -2.03. The molecule has 2 aromatic heterocycles. The van der Waals surface area contributed by atoms with Crippen LogP contribution in [0, 0.1) is 0 Å². The van der Waals surface area contributed by atoms with Gasteiger partial charge in [0.05, 0.1) is 21.4 Å². The van der Waals surface area contributed by atoms with Gasteiger partial charge in [-0.25, -0.2) is 4.98 Å². The molecule has 2 heterocycles. The van der Waals surface area contributed by atoms with Crippen LogP contribution in [0.4, 0.5) is 0 Å². The number of benzene rings is 1. The average molecular weight is 258 g/mol. The third-order valence-corrected chi connectivity index (χ3v) is 3.79. The van der Waals surface area contributed by atoms with Crippen molar-refractivity contribution >= 4 is 22.4 Å². The number of thiazole rings is 1. The first kappa shape index (κ1) is 11.4. The number of rotatable bonds is 3. The Bertz CT molecular complexity index is 670. The van der Waals surface area contributed by atoms with Gasteiger partial charge in [-0.1, -0.05) is 6.07 Å². The minimum absolute atomic E-state index is 0.546. The van der Waals surface area contributed by atoms with Crippen LogP contribution in [-0.4, -0.2) is 14.5 Å². The van der Waals surface area contributed by atoms with E-state index in [1.807, 2.05) is 11.7 Å². The van der Waals surface area contributed by atoms with Gasteiger partial charge in [-0.15, -0.1) is 11.3 Å². The standard InChI is InChI=1S/C13H14N4S/c1-2-17-11-4-3-9(6-14)5-10(11)16-13(17)12-7-15-8-18-12/h3-5,7-8H,2,6,14H2,1H3. The smallest absolute Gasteiger partial charge is 0.152 e. The van der Waals surface area contributed by atoms with Gasteiger partial charge in [-0.2, -0.15) is 0 Å². The van der Waals surface area contributed by atoms with E-state index in [1.165, 1.54) is 0 Å². The summed E-state index contributed by atoms with van der Waals surface area (Å²) in [5.74, 6) is 0.990. The van der Waals surface area contributed by atoms with Gasteiger partial charge in [0.2, 0.25) is 0 Å². The van der Waals surface area contributed by atoms with E-state index in [9.17, 15) is 0 Å². The van der Waals surface area contributed by atoms with Crippen LogP contribution in [0.5, 0.6) is 0 Å². The zero-order valence-electron chi connectivity index (χ0n) is 10.1. The fourth-order valence-corrected chi connectivity index (χ4v) is 2.75. The number of hydrogen-bond acceptors (Lipinski definition) is 4. The third kappa shape index (κ3) is 1.72. The fourth-order valence-electron chi connectivity index (χ4n) is 2.14. The summed E-state index contributed by atoms with van der Waals surface area (Å²) >= 11 is 1.61. The number of fused-ring (bicyclic) bond motifs is 1. The lowest BCUT2D eigenvalue weighted by atomic mass is 10.2. The molecule has 0 saturated carbocycles. The first-order valence-corrected chi connectivity index (χ1v) is 6.79. The van der Waals surface area contributed by atoms with Crippen LogP contribution in [0.1, 0.15) is 12.5 Å². The number of nitrogens with two attached hydrogens (primary N) is 1. The van der Waals surface area contributed by atoms with Crippen LogP contribution in [0.3, 0.4) is 0 Å². The number of aryl methyl sites for hydroxylation is 1. The second-order valence-electron chi connectivity index (χ2n) is 4.07. The molecule has 0 spiro atoms. The van der Waals surface area contributed by atoms with Crippen LogP contribution in [0.25, 0.3) is 21.7 Å². The van der Waals surface area contributed by atoms with Crippen LogP contribution in [0.2, 0.25) is 0 Å². The highest BCUT2D eigenvalue weighted by atomic mass is 32.1. The zero-order chi connectivity index (χ0) is 12.5.